The highest BCUT2D eigenvalue weighted by atomic mass is 79.9. The van der Waals surface area contributed by atoms with E-state index in [1.807, 2.05) is 0 Å². The molecule has 9 heteroatoms. The predicted molar refractivity (Wildman–Crippen MR) is 95.4 cm³/mol. The highest BCUT2D eigenvalue weighted by Gasteiger charge is 2.17. The van der Waals surface area contributed by atoms with Gasteiger partial charge in [0.05, 0.1) is 0 Å². The van der Waals surface area contributed by atoms with E-state index in [1.54, 1.807) is 0 Å². The minimum atomic E-state index is 0. The molecule has 1 aromatic rings. The average Bonchev–Trinajstić information content (AvgIpc) is 2.23. The molecule has 0 aliphatic rings. The summed E-state index contributed by atoms with van der Waals surface area (Å²) >= 11 is 18.7. The molecule has 0 bridgehead atoms. The molecule has 17 heavy (non-hydrogen) atoms. The highest BCUT2D eigenvalue weighted by Crippen LogP contribution is 2.45. The van der Waals surface area contributed by atoms with Gasteiger partial charge in [-0.05, 0) is 85.2 Å². The Kier molecular flexibility index (Phi) is 8.94. The third-order valence-corrected chi connectivity index (χ3v) is 8.67. The molecule has 3 N–H and O–H groups in total. The number of halogens is 6. The topological polar surface area (TPSA) is 49.9 Å². The van der Waals surface area contributed by atoms with Gasteiger partial charge in [-0.2, -0.15) is 0 Å². The van der Waals surface area contributed by atoms with Crippen molar-refractivity contribution in [1.82, 2.24) is 0 Å². The Hall–Kier alpha value is 1.73. The third kappa shape index (κ3) is 4.65. The molecule has 0 saturated heterocycles. The van der Waals surface area contributed by atoms with Crippen LogP contribution in [0.4, 0.5) is 0 Å². The van der Waals surface area contributed by atoms with Gasteiger partial charge in [-0.25, -0.2) is 0 Å². The lowest BCUT2D eigenvalue weighted by Gasteiger charge is -2.12. The molecule has 0 radical (unpaired) electrons. The summed E-state index contributed by atoms with van der Waals surface area (Å²) in [6.45, 7) is 0. The van der Waals surface area contributed by atoms with E-state index in [1.165, 1.54) is 11.8 Å². The fourth-order valence-corrected chi connectivity index (χ4v) is 5.30. The quantitative estimate of drug-likeness (QED) is 0.189. The van der Waals surface area contributed by atoms with E-state index in [2.05, 4.69) is 79.6 Å². The van der Waals surface area contributed by atoms with Crippen LogP contribution in [0.3, 0.4) is 0 Å². The molecular formula is C8H6Br5ClN2S. The first-order valence-electron chi connectivity index (χ1n) is 3.83. The number of hydrogen-bond donors (Lipinski definition) is 2. The monoisotopic (exact) mass is 592 g/mol. The van der Waals surface area contributed by atoms with Crippen LogP contribution in [0.1, 0.15) is 5.56 Å². The van der Waals surface area contributed by atoms with E-state index < -0.39 is 0 Å². The van der Waals surface area contributed by atoms with E-state index in [9.17, 15) is 0 Å². The van der Waals surface area contributed by atoms with Gasteiger partial charge >= 0.3 is 0 Å². The zero-order valence-corrected chi connectivity index (χ0v) is 17.6. The Morgan fingerprint density at radius 3 is 1.65 bits per heavy atom. The molecule has 0 spiro atoms. The lowest BCUT2D eigenvalue weighted by Crippen LogP contribution is -2.04. The lowest BCUT2D eigenvalue weighted by molar-refractivity contribution is 1.30. The van der Waals surface area contributed by atoms with Gasteiger partial charge in [0.15, 0.2) is 5.17 Å². The molecular weight excluding hydrogens is 591 g/mol. The van der Waals surface area contributed by atoms with Crippen LogP contribution < -0.4 is 5.73 Å². The van der Waals surface area contributed by atoms with Crippen LogP contribution in [0.5, 0.6) is 0 Å². The summed E-state index contributed by atoms with van der Waals surface area (Å²) in [5.74, 6) is 0.626. The number of benzene rings is 1. The zero-order valence-electron chi connectivity index (χ0n) is 7.99. The molecule has 2 nitrogen and oxygen atoms in total. The molecule has 0 amide bonds. The van der Waals surface area contributed by atoms with Crippen molar-refractivity contribution in [2.24, 2.45) is 5.73 Å². The van der Waals surface area contributed by atoms with E-state index in [0.29, 0.717) is 5.75 Å². The van der Waals surface area contributed by atoms with E-state index >= 15 is 0 Å². The fourth-order valence-electron chi connectivity index (χ4n) is 0.927. The van der Waals surface area contributed by atoms with Crippen LogP contribution in [0.15, 0.2) is 22.4 Å². The van der Waals surface area contributed by atoms with Crippen molar-refractivity contribution in [2.75, 3.05) is 0 Å². The minimum Gasteiger partial charge on any atom is -0.379 e. The SMILES string of the molecule is Cl.N=C(N)SCc1c(Br)c(Br)c(Br)c(Br)c1Br. The second-order valence-electron chi connectivity index (χ2n) is 2.70. The van der Waals surface area contributed by atoms with Crippen LogP contribution in [0, 0.1) is 5.41 Å². The average molecular weight is 597 g/mol. The summed E-state index contributed by atoms with van der Waals surface area (Å²) in [6.07, 6.45) is 0. The highest BCUT2D eigenvalue weighted by molar-refractivity contribution is 9.15. The van der Waals surface area contributed by atoms with Gasteiger partial charge in [0.25, 0.3) is 0 Å². The first-order valence-corrected chi connectivity index (χ1v) is 8.78. The van der Waals surface area contributed by atoms with Crippen LogP contribution in [-0.2, 0) is 5.75 Å². The van der Waals surface area contributed by atoms with Crippen molar-refractivity contribution in [3.05, 3.63) is 27.9 Å². The number of nitrogens with two attached hydrogens (primary N) is 1. The Labute approximate surface area is 152 Å². The van der Waals surface area contributed by atoms with E-state index in [-0.39, 0.29) is 17.6 Å². The summed E-state index contributed by atoms with van der Waals surface area (Å²) in [5.41, 5.74) is 6.37. The lowest BCUT2D eigenvalue weighted by atomic mass is 10.2. The maximum atomic E-state index is 7.21. The van der Waals surface area contributed by atoms with E-state index in [4.69, 9.17) is 11.1 Å². The van der Waals surface area contributed by atoms with Gasteiger partial charge in [-0.3, -0.25) is 5.41 Å². The molecule has 1 aromatic carbocycles. The Morgan fingerprint density at radius 1 is 0.941 bits per heavy atom. The predicted octanol–water partition coefficient (Wildman–Crippen LogP) is 6.05. The first kappa shape index (κ1) is 18.7. The number of thioether (sulfide) groups is 1. The molecule has 0 atom stereocenters. The summed E-state index contributed by atoms with van der Waals surface area (Å²) in [7, 11) is 0. The molecule has 0 aromatic heterocycles. The Morgan fingerprint density at radius 2 is 1.29 bits per heavy atom. The van der Waals surface area contributed by atoms with Crippen LogP contribution in [-0.4, -0.2) is 5.17 Å². The van der Waals surface area contributed by atoms with Gasteiger partial charge in [0.1, 0.15) is 0 Å². The summed E-state index contributed by atoms with van der Waals surface area (Å²) in [5, 5.41) is 7.32. The van der Waals surface area contributed by atoms with Crippen molar-refractivity contribution in [3.63, 3.8) is 0 Å². The standard InChI is InChI=1S/C8H5Br5N2S.ClH/c9-3-2(1-16-8(14)15)4(10)6(12)7(13)5(3)11;/h1H2,(H3,14,15);1H. The number of hydrogen-bond acceptors (Lipinski definition) is 2. The van der Waals surface area contributed by atoms with Crippen molar-refractivity contribution < 1.29 is 0 Å². The normalized spacial score (nSPS) is 9.94. The van der Waals surface area contributed by atoms with Crippen molar-refractivity contribution in [3.8, 4) is 0 Å². The maximum Gasteiger partial charge on any atom is 0.151 e. The molecule has 0 heterocycles. The zero-order chi connectivity index (χ0) is 12.5. The summed E-state index contributed by atoms with van der Waals surface area (Å²) < 4.78 is 4.69. The summed E-state index contributed by atoms with van der Waals surface area (Å²) in [4.78, 5) is 0. The van der Waals surface area contributed by atoms with Gasteiger partial charge in [0, 0.05) is 28.1 Å². The number of nitrogens with one attached hydrogen (secondary N) is 1. The molecule has 0 fully saturated rings. The van der Waals surface area contributed by atoms with Crippen molar-refractivity contribution in [2.45, 2.75) is 5.75 Å². The van der Waals surface area contributed by atoms with Crippen molar-refractivity contribution >= 4 is 109 Å². The molecule has 0 aliphatic heterocycles. The fraction of sp³-hybridized carbons (Fsp3) is 0.125. The van der Waals surface area contributed by atoms with Crippen LogP contribution >= 0.6 is 104 Å². The second kappa shape index (κ2) is 8.11. The van der Waals surface area contributed by atoms with Crippen LogP contribution in [0.2, 0.25) is 0 Å². The smallest absolute Gasteiger partial charge is 0.151 e. The maximum absolute atomic E-state index is 7.21. The molecule has 0 aliphatic carbocycles. The van der Waals surface area contributed by atoms with Crippen LogP contribution in [0.25, 0.3) is 0 Å². The Bertz CT molecular complexity index is 425. The van der Waals surface area contributed by atoms with E-state index in [0.717, 1.165) is 27.9 Å². The largest absolute Gasteiger partial charge is 0.379 e. The molecule has 1 rings (SSSR count). The number of amidine groups is 1. The molecule has 0 saturated carbocycles. The van der Waals surface area contributed by atoms with Crippen molar-refractivity contribution in [1.29, 1.82) is 5.41 Å². The van der Waals surface area contributed by atoms with Gasteiger partial charge < -0.3 is 5.73 Å². The number of rotatable bonds is 2. The minimum absolute atomic E-state index is 0. The van der Waals surface area contributed by atoms with Gasteiger partial charge in [0.2, 0.25) is 0 Å². The first-order chi connectivity index (χ1) is 7.36. The molecule has 96 valence electrons. The summed E-state index contributed by atoms with van der Waals surface area (Å²) in [6, 6.07) is 0. The third-order valence-electron chi connectivity index (χ3n) is 1.67. The second-order valence-corrected chi connectivity index (χ2v) is 7.68. The molecule has 0 unspecified atom stereocenters. The van der Waals surface area contributed by atoms with Gasteiger partial charge in [-0.1, -0.05) is 11.8 Å². The Balaban J connectivity index is 0.00000256. The van der Waals surface area contributed by atoms with Gasteiger partial charge in [-0.15, -0.1) is 12.4 Å².